The lowest BCUT2D eigenvalue weighted by Gasteiger charge is -2.28. The highest BCUT2D eigenvalue weighted by Gasteiger charge is 2.44. The molecule has 1 saturated carbocycles. The second-order valence-corrected chi connectivity index (χ2v) is 10.1. The van der Waals surface area contributed by atoms with Crippen molar-refractivity contribution in [1.29, 1.82) is 0 Å². The molecule has 192 valence electrons. The van der Waals surface area contributed by atoms with Gasteiger partial charge in [-0.1, -0.05) is 57.9 Å². The van der Waals surface area contributed by atoms with Crippen molar-refractivity contribution < 1.29 is 28.2 Å². The number of benzene rings is 2. The van der Waals surface area contributed by atoms with E-state index < -0.39 is 5.41 Å². The van der Waals surface area contributed by atoms with Crippen LogP contribution in [0, 0.1) is 0 Å². The Labute approximate surface area is 211 Å². The Morgan fingerprint density at radius 3 is 2.08 bits per heavy atom. The molecule has 0 N–H and O–H groups in total. The Morgan fingerprint density at radius 1 is 0.944 bits per heavy atom. The van der Waals surface area contributed by atoms with Crippen molar-refractivity contribution in [2.75, 3.05) is 21.3 Å². The van der Waals surface area contributed by atoms with Crippen LogP contribution in [0.25, 0.3) is 11.5 Å². The molecule has 36 heavy (non-hydrogen) atoms. The number of hydrogen-bond acceptors (Lipinski definition) is 8. The molecule has 0 saturated heterocycles. The van der Waals surface area contributed by atoms with Crippen LogP contribution in [0.2, 0.25) is 0 Å². The van der Waals surface area contributed by atoms with E-state index in [-0.39, 0.29) is 29.8 Å². The monoisotopic (exact) mass is 494 g/mol. The topological polar surface area (TPSA) is 92.9 Å². The van der Waals surface area contributed by atoms with Gasteiger partial charge in [-0.2, -0.15) is 0 Å². The number of hydrogen-bond donors (Lipinski definition) is 0. The third kappa shape index (κ3) is 4.90. The van der Waals surface area contributed by atoms with Crippen LogP contribution in [0.15, 0.2) is 40.8 Å². The lowest BCUT2D eigenvalue weighted by atomic mass is 9.77. The van der Waals surface area contributed by atoms with Crippen LogP contribution < -0.4 is 14.2 Å². The van der Waals surface area contributed by atoms with E-state index in [9.17, 15) is 4.79 Å². The van der Waals surface area contributed by atoms with Crippen molar-refractivity contribution in [3.8, 4) is 28.7 Å². The summed E-state index contributed by atoms with van der Waals surface area (Å²) in [7, 11) is 4.61. The SMILES string of the molecule is COc1cc(-c2nnc(COC(=O)C3(c4ccc(C(C)(C)C)cc4)CCCC3)o2)cc(OC)c1OC. The zero-order chi connectivity index (χ0) is 25.9. The van der Waals surface area contributed by atoms with Gasteiger partial charge in [0.2, 0.25) is 11.6 Å². The number of aromatic nitrogens is 2. The quantitative estimate of drug-likeness (QED) is 0.373. The maximum atomic E-state index is 13.4. The first kappa shape index (κ1) is 25.5. The van der Waals surface area contributed by atoms with Crippen molar-refractivity contribution >= 4 is 5.97 Å². The van der Waals surface area contributed by atoms with Gasteiger partial charge < -0.3 is 23.4 Å². The first-order valence-corrected chi connectivity index (χ1v) is 12.1. The van der Waals surface area contributed by atoms with Gasteiger partial charge in [-0.3, -0.25) is 4.79 Å². The van der Waals surface area contributed by atoms with Gasteiger partial charge in [0.25, 0.3) is 5.89 Å². The molecule has 0 amide bonds. The molecule has 0 aliphatic heterocycles. The first-order chi connectivity index (χ1) is 17.2. The molecule has 1 heterocycles. The van der Waals surface area contributed by atoms with Crippen LogP contribution in [0.1, 0.15) is 63.5 Å². The molecular weight excluding hydrogens is 460 g/mol. The molecule has 1 fully saturated rings. The summed E-state index contributed by atoms with van der Waals surface area (Å²) in [6, 6.07) is 11.8. The highest BCUT2D eigenvalue weighted by Crippen LogP contribution is 2.43. The van der Waals surface area contributed by atoms with E-state index in [1.807, 2.05) is 0 Å². The van der Waals surface area contributed by atoms with Crippen LogP contribution in [-0.2, 0) is 27.0 Å². The van der Waals surface area contributed by atoms with Crippen molar-refractivity contribution in [2.24, 2.45) is 0 Å². The average Bonchev–Trinajstić information content (AvgIpc) is 3.57. The zero-order valence-electron chi connectivity index (χ0n) is 21.8. The molecule has 1 aromatic heterocycles. The van der Waals surface area contributed by atoms with E-state index in [0.717, 1.165) is 31.2 Å². The Hall–Kier alpha value is -3.55. The third-order valence-corrected chi connectivity index (χ3v) is 6.86. The van der Waals surface area contributed by atoms with E-state index in [1.165, 1.54) is 26.9 Å². The Morgan fingerprint density at radius 2 is 1.56 bits per heavy atom. The van der Waals surface area contributed by atoms with Crippen molar-refractivity contribution in [1.82, 2.24) is 10.2 Å². The van der Waals surface area contributed by atoms with Gasteiger partial charge in [0.1, 0.15) is 0 Å². The minimum absolute atomic E-state index is 0.0511. The van der Waals surface area contributed by atoms with Gasteiger partial charge in [0, 0.05) is 5.56 Å². The predicted octanol–water partition coefficient (Wildman–Crippen LogP) is 5.62. The molecule has 0 bridgehead atoms. The summed E-state index contributed by atoms with van der Waals surface area (Å²) in [4.78, 5) is 13.4. The van der Waals surface area contributed by atoms with Crippen molar-refractivity contribution in [3.63, 3.8) is 0 Å². The summed E-state index contributed by atoms with van der Waals surface area (Å²) < 4.78 is 27.7. The largest absolute Gasteiger partial charge is 0.493 e. The fourth-order valence-electron chi connectivity index (χ4n) is 4.78. The second-order valence-electron chi connectivity index (χ2n) is 10.1. The molecule has 0 spiro atoms. The number of ether oxygens (including phenoxy) is 4. The summed E-state index contributed by atoms with van der Waals surface area (Å²) in [5, 5.41) is 8.19. The van der Waals surface area contributed by atoms with Crippen molar-refractivity contribution in [3.05, 3.63) is 53.4 Å². The van der Waals surface area contributed by atoms with E-state index in [0.29, 0.717) is 22.8 Å². The second kappa shape index (κ2) is 10.2. The van der Waals surface area contributed by atoms with Crippen molar-refractivity contribution in [2.45, 2.75) is 63.9 Å². The van der Waals surface area contributed by atoms with E-state index in [4.69, 9.17) is 23.4 Å². The molecule has 8 nitrogen and oxygen atoms in total. The molecule has 0 radical (unpaired) electrons. The smallest absolute Gasteiger partial charge is 0.317 e. The van der Waals surface area contributed by atoms with Crippen LogP contribution in [0.3, 0.4) is 0 Å². The fraction of sp³-hybridized carbons (Fsp3) is 0.464. The van der Waals surface area contributed by atoms with Gasteiger partial charge >= 0.3 is 5.97 Å². The van der Waals surface area contributed by atoms with E-state index in [1.54, 1.807) is 12.1 Å². The Balaban J connectivity index is 1.51. The molecule has 0 atom stereocenters. The summed E-state index contributed by atoms with van der Waals surface area (Å²) in [6.07, 6.45) is 3.51. The number of carbonyl (C=O) groups excluding carboxylic acids is 1. The summed E-state index contributed by atoms with van der Waals surface area (Å²) in [6.45, 7) is 6.44. The minimum Gasteiger partial charge on any atom is -0.493 e. The maximum absolute atomic E-state index is 13.4. The molecule has 1 aliphatic rings. The minimum atomic E-state index is -0.643. The molecule has 8 heteroatoms. The normalized spacial score (nSPS) is 14.9. The highest BCUT2D eigenvalue weighted by molar-refractivity contribution is 5.83. The van der Waals surface area contributed by atoms with Crippen LogP contribution in [0.5, 0.6) is 17.2 Å². The predicted molar refractivity (Wildman–Crippen MR) is 134 cm³/mol. The van der Waals surface area contributed by atoms with Gasteiger partial charge in [0.15, 0.2) is 18.1 Å². The molecule has 4 rings (SSSR count). The first-order valence-electron chi connectivity index (χ1n) is 12.1. The lowest BCUT2D eigenvalue weighted by molar-refractivity contribution is -0.152. The van der Waals surface area contributed by atoms with Gasteiger partial charge in [0.05, 0.1) is 26.7 Å². The standard InChI is InChI=1S/C28H34N2O6/c1-27(2,3)19-9-11-20(12-10-19)28(13-7-8-14-28)26(31)35-17-23-29-30-25(36-23)18-15-21(32-4)24(34-6)22(16-18)33-5/h9-12,15-16H,7-8,13-14,17H2,1-6H3. The van der Waals surface area contributed by atoms with Crippen LogP contribution in [0.4, 0.5) is 0 Å². The number of methoxy groups -OCH3 is 3. The van der Waals surface area contributed by atoms with Crippen LogP contribution in [-0.4, -0.2) is 37.5 Å². The Bertz CT molecular complexity index is 1180. The molecule has 3 aromatic rings. The lowest BCUT2D eigenvalue weighted by Crippen LogP contribution is -2.34. The van der Waals surface area contributed by atoms with Gasteiger partial charge in [-0.05, 0) is 41.5 Å². The maximum Gasteiger partial charge on any atom is 0.317 e. The zero-order valence-corrected chi connectivity index (χ0v) is 21.8. The van der Waals surface area contributed by atoms with Gasteiger partial charge in [-0.25, -0.2) is 0 Å². The summed E-state index contributed by atoms with van der Waals surface area (Å²) in [5.74, 6) is 1.63. The number of carbonyl (C=O) groups is 1. The summed E-state index contributed by atoms with van der Waals surface area (Å²) in [5.41, 5.74) is 2.24. The van der Waals surface area contributed by atoms with E-state index >= 15 is 0 Å². The van der Waals surface area contributed by atoms with Crippen LogP contribution >= 0.6 is 0 Å². The number of esters is 1. The highest BCUT2D eigenvalue weighted by atomic mass is 16.5. The summed E-state index contributed by atoms with van der Waals surface area (Å²) >= 11 is 0. The molecule has 2 aromatic carbocycles. The average molecular weight is 495 g/mol. The fourth-order valence-corrected chi connectivity index (χ4v) is 4.78. The molecular formula is C28H34N2O6. The molecule has 1 aliphatic carbocycles. The van der Waals surface area contributed by atoms with E-state index in [2.05, 4.69) is 55.2 Å². The number of nitrogens with zero attached hydrogens (tertiary/aromatic N) is 2. The van der Waals surface area contributed by atoms with Gasteiger partial charge in [-0.15, -0.1) is 10.2 Å². The molecule has 0 unspecified atom stereocenters. The number of rotatable bonds is 8. The third-order valence-electron chi connectivity index (χ3n) is 6.86. The Kier molecular flexibility index (Phi) is 7.24.